The summed E-state index contributed by atoms with van der Waals surface area (Å²) in [6.07, 6.45) is 3.90. The molecule has 0 saturated carbocycles. The van der Waals surface area contributed by atoms with Gasteiger partial charge in [0.1, 0.15) is 11.6 Å². The maximum Gasteiger partial charge on any atom is 0.264 e. The van der Waals surface area contributed by atoms with Gasteiger partial charge in [-0.1, -0.05) is 6.92 Å². The van der Waals surface area contributed by atoms with Gasteiger partial charge in [0.2, 0.25) is 0 Å². The molecule has 0 bridgehead atoms. The smallest absolute Gasteiger partial charge is 0.264 e. The molecule has 0 aromatic carbocycles. The molecule has 2 aliphatic rings. The van der Waals surface area contributed by atoms with Crippen LogP contribution in [-0.2, 0) is 9.53 Å². The topological polar surface area (TPSA) is 56.6 Å². The maximum absolute atomic E-state index is 12.4. The minimum Gasteiger partial charge on any atom is -0.378 e. The van der Waals surface area contributed by atoms with E-state index in [1.807, 2.05) is 6.08 Å². The van der Waals surface area contributed by atoms with E-state index >= 15 is 0 Å². The molecule has 5 heteroatoms. The number of amides is 1. The van der Waals surface area contributed by atoms with Crippen LogP contribution in [0.15, 0.2) is 11.6 Å². The third kappa shape index (κ3) is 3.45. The first-order chi connectivity index (χ1) is 9.99. The van der Waals surface area contributed by atoms with E-state index in [9.17, 15) is 10.1 Å². The fourth-order valence-electron chi connectivity index (χ4n) is 3.21. The minimum absolute atomic E-state index is 0.121. The number of rotatable bonds is 5. The molecule has 2 fully saturated rings. The Morgan fingerprint density at radius 1 is 1.43 bits per heavy atom. The van der Waals surface area contributed by atoms with Crippen molar-refractivity contribution < 1.29 is 9.53 Å². The van der Waals surface area contributed by atoms with Gasteiger partial charge < -0.3 is 9.64 Å². The first-order valence-electron chi connectivity index (χ1n) is 7.76. The Morgan fingerprint density at radius 2 is 2.05 bits per heavy atom. The highest BCUT2D eigenvalue weighted by Gasteiger charge is 2.35. The van der Waals surface area contributed by atoms with Crippen LogP contribution >= 0.6 is 0 Å². The lowest BCUT2D eigenvalue weighted by Crippen LogP contribution is -2.57. The number of nitriles is 1. The molecule has 2 aliphatic heterocycles. The van der Waals surface area contributed by atoms with Gasteiger partial charge in [-0.15, -0.1) is 0 Å². The Morgan fingerprint density at radius 3 is 2.48 bits per heavy atom. The fraction of sp³-hybridized carbons (Fsp3) is 0.750. The third-order valence-corrected chi connectivity index (χ3v) is 4.38. The summed E-state index contributed by atoms with van der Waals surface area (Å²) in [4.78, 5) is 16.5. The van der Waals surface area contributed by atoms with Crippen LogP contribution in [0.2, 0.25) is 0 Å². The van der Waals surface area contributed by atoms with Gasteiger partial charge in [-0.05, 0) is 39.3 Å². The van der Waals surface area contributed by atoms with Gasteiger partial charge in [0.15, 0.2) is 0 Å². The van der Waals surface area contributed by atoms with Crippen molar-refractivity contribution >= 4 is 5.91 Å². The van der Waals surface area contributed by atoms with Crippen molar-refractivity contribution in [3.8, 4) is 6.07 Å². The van der Waals surface area contributed by atoms with Crippen molar-refractivity contribution in [2.24, 2.45) is 0 Å². The molecule has 5 nitrogen and oxygen atoms in total. The Balaban J connectivity index is 2.16. The molecule has 21 heavy (non-hydrogen) atoms. The summed E-state index contributed by atoms with van der Waals surface area (Å²) in [7, 11) is 0. The molecule has 0 spiro atoms. The average Bonchev–Trinajstić information content (AvgIpc) is 2.92. The lowest BCUT2D eigenvalue weighted by atomic mass is 9.95. The standard InChI is InChI=1S/C16H25N3O2/c1-4-19(14-11-21-12-14)16(2,3)9-13(10-17)15(20)18-7-5-6-8-18/h9,14H,4-8,11-12H2,1-3H3/b13-9+. The second-order valence-corrected chi connectivity index (χ2v) is 6.30. The second kappa shape index (κ2) is 6.59. The van der Waals surface area contributed by atoms with Crippen LogP contribution in [-0.4, -0.2) is 60.1 Å². The van der Waals surface area contributed by atoms with Crippen molar-refractivity contribution in [2.75, 3.05) is 32.8 Å². The summed E-state index contributed by atoms with van der Waals surface area (Å²) in [5.74, 6) is -0.121. The predicted octanol–water partition coefficient (Wildman–Crippen LogP) is 1.56. The quantitative estimate of drug-likeness (QED) is 0.570. The Hall–Kier alpha value is -1.38. The van der Waals surface area contributed by atoms with Gasteiger partial charge in [-0.3, -0.25) is 9.69 Å². The molecule has 1 amide bonds. The highest BCUT2D eigenvalue weighted by Crippen LogP contribution is 2.25. The molecule has 0 aromatic rings. The first-order valence-corrected chi connectivity index (χ1v) is 7.76. The Labute approximate surface area is 127 Å². The van der Waals surface area contributed by atoms with Crippen LogP contribution in [0.5, 0.6) is 0 Å². The highest BCUT2D eigenvalue weighted by molar-refractivity contribution is 5.97. The SMILES string of the molecule is CCN(C1COC1)C(C)(C)/C=C(\C#N)C(=O)N1CCCC1. The molecule has 0 radical (unpaired) electrons. The molecular formula is C16H25N3O2. The number of carbonyl (C=O) groups excluding carboxylic acids is 1. The van der Waals surface area contributed by atoms with Crippen molar-refractivity contribution in [1.82, 2.24) is 9.80 Å². The van der Waals surface area contributed by atoms with Crippen molar-refractivity contribution in [2.45, 2.75) is 45.2 Å². The van der Waals surface area contributed by atoms with Gasteiger partial charge in [-0.25, -0.2) is 0 Å². The van der Waals surface area contributed by atoms with Crippen molar-refractivity contribution in [1.29, 1.82) is 5.26 Å². The molecular weight excluding hydrogens is 266 g/mol. The summed E-state index contributed by atoms with van der Waals surface area (Å²) in [6.45, 7) is 10.1. The summed E-state index contributed by atoms with van der Waals surface area (Å²) in [5, 5.41) is 9.38. The van der Waals surface area contributed by atoms with E-state index < -0.39 is 0 Å². The molecule has 2 rings (SSSR count). The molecule has 0 atom stereocenters. The number of carbonyl (C=O) groups is 1. The fourth-order valence-corrected chi connectivity index (χ4v) is 3.21. The van der Waals surface area contributed by atoms with Gasteiger partial charge in [0.25, 0.3) is 5.91 Å². The summed E-state index contributed by atoms with van der Waals surface area (Å²) >= 11 is 0. The summed E-state index contributed by atoms with van der Waals surface area (Å²) < 4.78 is 5.27. The van der Waals surface area contributed by atoms with Gasteiger partial charge >= 0.3 is 0 Å². The maximum atomic E-state index is 12.4. The minimum atomic E-state index is -0.330. The van der Waals surface area contributed by atoms with Gasteiger partial charge in [-0.2, -0.15) is 5.26 Å². The van der Waals surface area contributed by atoms with E-state index in [1.54, 1.807) is 4.90 Å². The predicted molar refractivity (Wildman–Crippen MR) is 80.6 cm³/mol. The lowest BCUT2D eigenvalue weighted by molar-refractivity contribution is -0.125. The molecule has 0 N–H and O–H groups in total. The van der Waals surface area contributed by atoms with E-state index in [-0.39, 0.29) is 17.0 Å². The number of hydrogen-bond acceptors (Lipinski definition) is 4. The second-order valence-electron chi connectivity index (χ2n) is 6.30. The number of hydrogen-bond donors (Lipinski definition) is 0. The largest absolute Gasteiger partial charge is 0.378 e. The normalized spacial score (nSPS) is 20.5. The molecule has 0 aliphatic carbocycles. The monoisotopic (exact) mass is 291 g/mol. The highest BCUT2D eigenvalue weighted by atomic mass is 16.5. The van der Waals surface area contributed by atoms with E-state index in [0.29, 0.717) is 6.04 Å². The molecule has 0 aromatic heterocycles. The van der Waals surface area contributed by atoms with Crippen molar-refractivity contribution in [3.63, 3.8) is 0 Å². The first kappa shape index (κ1) is 16.0. The van der Waals surface area contributed by atoms with E-state index in [2.05, 4.69) is 31.7 Å². The molecule has 116 valence electrons. The van der Waals surface area contributed by atoms with Crippen LogP contribution in [0.1, 0.15) is 33.6 Å². The zero-order valence-corrected chi connectivity index (χ0v) is 13.3. The van der Waals surface area contributed by atoms with Crippen LogP contribution in [0, 0.1) is 11.3 Å². The zero-order chi connectivity index (χ0) is 15.5. The van der Waals surface area contributed by atoms with Crippen LogP contribution in [0.3, 0.4) is 0 Å². The molecule has 2 saturated heterocycles. The number of likely N-dealkylation sites (tertiary alicyclic amines) is 1. The van der Waals surface area contributed by atoms with Gasteiger partial charge in [0, 0.05) is 18.6 Å². The summed E-state index contributed by atoms with van der Waals surface area (Å²) in [5.41, 5.74) is -0.0653. The number of nitrogens with zero attached hydrogens (tertiary/aromatic N) is 3. The van der Waals surface area contributed by atoms with E-state index in [0.717, 1.165) is 45.7 Å². The van der Waals surface area contributed by atoms with E-state index in [1.165, 1.54) is 0 Å². The zero-order valence-electron chi connectivity index (χ0n) is 13.3. The van der Waals surface area contributed by atoms with Crippen LogP contribution < -0.4 is 0 Å². The Bertz CT molecular complexity index is 455. The Kier molecular flexibility index (Phi) is 5.02. The van der Waals surface area contributed by atoms with Gasteiger partial charge in [0.05, 0.1) is 19.3 Å². The van der Waals surface area contributed by atoms with E-state index in [4.69, 9.17) is 4.74 Å². The van der Waals surface area contributed by atoms with Crippen LogP contribution in [0.25, 0.3) is 0 Å². The van der Waals surface area contributed by atoms with Crippen molar-refractivity contribution in [3.05, 3.63) is 11.6 Å². The van der Waals surface area contributed by atoms with Crippen LogP contribution in [0.4, 0.5) is 0 Å². The molecule has 2 heterocycles. The summed E-state index contributed by atoms with van der Waals surface area (Å²) in [6, 6.07) is 2.48. The molecule has 0 unspecified atom stereocenters. The lowest BCUT2D eigenvalue weighted by Gasteiger charge is -2.45. The number of likely N-dealkylation sites (N-methyl/N-ethyl adjacent to an activating group) is 1. The average molecular weight is 291 g/mol. The number of ether oxygens (including phenoxy) is 1. The third-order valence-electron chi connectivity index (χ3n) is 4.38.